The third kappa shape index (κ3) is 4.53. The maximum atomic E-state index is 13.5. The Morgan fingerprint density at radius 3 is 2.35 bits per heavy atom. The molecule has 1 saturated heterocycles. The summed E-state index contributed by atoms with van der Waals surface area (Å²) in [5.41, 5.74) is 1.06. The number of alkyl halides is 2. The zero-order valence-corrected chi connectivity index (χ0v) is 18.0. The number of nitrogens with zero attached hydrogens (tertiary/aromatic N) is 3. The summed E-state index contributed by atoms with van der Waals surface area (Å²) in [7, 11) is 0. The van der Waals surface area contributed by atoms with Crippen LogP contribution in [0.5, 0.6) is 0 Å². The molecule has 31 heavy (non-hydrogen) atoms. The number of hydrogen-bond acceptors (Lipinski definition) is 4. The maximum absolute atomic E-state index is 13.5. The highest BCUT2D eigenvalue weighted by Gasteiger charge is 2.45. The van der Waals surface area contributed by atoms with E-state index in [-0.39, 0.29) is 18.7 Å². The Morgan fingerprint density at radius 2 is 1.71 bits per heavy atom. The minimum atomic E-state index is -2.46. The fraction of sp³-hybridized carbons (Fsp3) is 0.565. The summed E-state index contributed by atoms with van der Waals surface area (Å²) in [5.74, 6) is -0.904. The van der Waals surface area contributed by atoms with Crippen molar-refractivity contribution in [3.05, 3.63) is 41.2 Å². The van der Waals surface area contributed by atoms with Crippen LogP contribution in [0, 0.1) is 17.7 Å². The van der Waals surface area contributed by atoms with Crippen molar-refractivity contribution < 1.29 is 13.2 Å². The molecule has 2 heterocycles. The van der Waals surface area contributed by atoms with Gasteiger partial charge in [-0.2, -0.15) is 0 Å². The fourth-order valence-corrected chi connectivity index (χ4v) is 5.81. The number of hydrogen-bond donors (Lipinski definition) is 1. The summed E-state index contributed by atoms with van der Waals surface area (Å²) < 4.78 is 40.4. The third-order valence-corrected chi connectivity index (χ3v) is 7.53. The standard InChI is InChI=1S/C23H26ClF3N4/c24-20-2-1-16(25)11-19(20)21-3-4-22(30-29-21)28-17-9-14-12-31(13-15(14)10-17)18-5-7-23(26,27)8-6-18/h1-4,11,14-15,17-18H,5-10,12-13H2,(H,28,30)/t14-,15+,17-. The van der Waals surface area contributed by atoms with E-state index in [4.69, 9.17) is 11.6 Å². The van der Waals surface area contributed by atoms with Crippen molar-refractivity contribution in [1.82, 2.24) is 15.1 Å². The molecule has 3 fully saturated rings. The van der Waals surface area contributed by atoms with E-state index in [1.807, 2.05) is 6.07 Å². The lowest BCUT2D eigenvalue weighted by atomic mass is 9.91. The first-order chi connectivity index (χ1) is 14.9. The molecule has 4 nitrogen and oxygen atoms in total. The van der Waals surface area contributed by atoms with Crippen LogP contribution in [0.4, 0.5) is 19.0 Å². The molecule has 0 spiro atoms. The van der Waals surface area contributed by atoms with Gasteiger partial charge in [-0.15, -0.1) is 10.2 Å². The van der Waals surface area contributed by atoms with Gasteiger partial charge >= 0.3 is 0 Å². The van der Waals surface area contributed by atoms with Crippen LogP contribution >= 0.6 is 11.6 Å². The van der Waals surface area contributed by atoms with Gasteiger partial charge in [0.15, 0.2) is 0 Å². The molecule has 1 N–H and O–H groups in total. The van der Waals surface area contributed by atoms with Crippen LogP contribution in [0.25, 0.3) is 11.3 Å². The average molecular weight is 451 g/mol. The van der Waals surface area contributed by atoms with Crippen molar-refractivity contribution in [2.45, 2.75) is 56.5 Å². The zero-order valence-electron chi connectivity index (χ0n) is 17.2. The molecule has 3 atom stereocenters. The number of likely N-dealkylation sites (tertiary alicyclic amines) is 1. The van der Waals surface area contributed by atoms with Gasteiger partial charge in [0.1, 0.15) is 11.6 Å². The molecule has 166 valence electrons. The number of nitrogens with one attached hydrogen (secondary N) is 1. The Kier molecular flexibility index (Phi) is 5.59. The van der Waals surface area contributed by atoms with Gasteiger partial charge in [-0.3, -0.25) is 4.90 Å². The first kappa shape index (κ1) is 21.0. The summed E-state index contributed by atoms with van der Waals surface area (Å²) in [6.45, 7) is 2.03. The molecule has 0 bridgehead atoms. The quantitative estimate of drug-likeness (QED) is 0.654. The molecule has 2 aliphatic carbocycles. The smallest absolute Gasteiger partial charge is 0.248 e. The van der Waals surface area contributed by atoms with E-state index in [9.17, 15) is 13.2 Å². The van der Waals surface area contributed by atoms with Crippen molar-refractivity contribution in [3.8, 4) is 11.3 Å². The van der Waals surface area contributed by atoms with Gasteiger partial charge in [-0.1, -0.05) is 11.6 Å². The van der Waals surface area contributed by atoms with Gasteiger partial charge in [-0.25, -0.2) is 13.2 Å². The predicted molar refractivity (Wildman–Crippen MR) is 115 cm³/mol. The second kappa shape index (κ2) is 8.24. The lowest BCUT2D eigenvalue weighted by molar-refractivity contribution is -0.0521. The van der Waals surface area contributed by atoms with Crippen LogP contribution in [0.3, 0.4) is 0 Å². The van der Waals surface area contributed by atoms with Gasteiger partial charge in [0.05, 0.1) is 10.7 Å². The highest BCUT2D eigenvalue weighted by molar-refractivity contribution is 6.33. The van der Waals surface area contributed by atoms with Crippen LogP contribution in [0.2, 0.25) is 5.02 Å². The van der Waals surface area contributed by atoms with Crippen LogP contribution in [-0.4, -0.2) is 46.2 Å². The summed E-state index contributed by atoms with van der Waals surface area (Å²) in [6.07, 6.45) is 3.41. The van der Waals surface area contributed by atoms with Gasteiger partial charge in [-0.05, 0) is 67.9 Å². The SMILES string of the molecule is Fc1ccc(Cl)c(-c2ccc(N[C@@H]3C[C@@H]4CN(C5CCC(F)(F)CC5)C[C@@H]4C3)nn2)c1. The zero-order chi connectivity index (χ0) is 21.6. The molecule has 2 saturated carbocycles. The molecular formula is C23H26ClF3N4. The summed E-state index contributed by atoms with van der Waals surface area (Å²) in [4.78, 5) is 2.46. The molecule has 1 aromatic carbocycles. The molecule has 1 aromatic heterocycles. The van der Waals surface area contributed by atoms with E-state index in [0.29, 0.717) is 58.9 Å². The number of halogens is 4. The Bertz CT molecular complexity index is 915. The van der Waals surface area contributed by atoms with E-state index in [1.54, 1.807) is 6.07 Å². The van der Waals surface area contributed by atoms with E-state index >= 15 is 0 Å². The fourth-order valence-electron chi connectivity index (χ4n) is 5.60. The number of rotatable bonds is 4. The van der Waals surface area contributed by atoms with Gasteiger partial charge < -0.3 is 5.32 Å². The molecule has 0 radical (unpaired) electrons. The van der Waals surface area contributed by atoms with E-state index < -0.39 is 5.92 Å². The number of benzene rings is 1. The van der Waals surface area contributed by atoms with Crippen molar-refractivity contribution in [2.75, 3.05) is 18.4 Å². The van der Waals surface area contributed by atoms with Gasteiger partial charge in [0.25, 0.3) is 0 Å². The Balaban J connectivity index is 1.15. The first-order valence-electron chi connectivity index (χ1n) is 11.0. The van der Waals surface area contributed by atoms with Crippen LogP contribution < -0.4 is 5.32 Å². The topological polar surface area (TPSA) is 41.0 Å². The molecule has 1 aliphatic heterocycles. The Morgan fingerprint density at radius 1 is 1.00 bits per heavy atom. The summed E-state index contributed by atoms with van der Waals surface area (Å²) in [6, 6.07) is 8.50. The normalized spacial score (nSPS) is 28.6. The van der Waals surface area contributed by atoms with Crippen molar-refractivity contribution in [1.29, 1.82) is 0 Å². The third-order valence-electron chi connectivity index (χ3n) is 7.20. The molecular weight excluding hydrogens is 425 g/mol. The van der Waals surface area contributed by atoms with E-state index in [2.05, 4.69) is 20.4 Å². The second-order valence-electron chi connectivity index (χ2n) is 9.30. The van der Waals surface area contributed by atoms with Crippen molar-refractivity contribution >= 4 is 17.4 Å². The molecule has 5 rings (SSSR count). The van der Waals surface area contributed by atoms with Crippen molar-refractivity contribution in [2.24, 2.45) is 11.8 Å². The Hall–Kier alpha value is -1.86. The van der Waals surface area contributed by atoms with E-state index in [0.717, 1.165) is 25.9 Å². The molecule has 0 amide bonds. The average Bonchev–Trinajstić information content (AvgIpc) is 3.29. The summed E-state index contributed by atoms with van der Waals surface area (Å²) >= 11 is 6.15. The minimum absolute atomic E-state index is 0.0309. The highest BCUT2D eigenvalue weighted by Crippen LogP contribution is 2.43. The molecule has 8 heteroatoms. The van der Waals surface area contributed by atoms with Crippen LogP contribution in [-0.2, 0) is 0 Å². The minimum Gasteiger partial charge on any atom is -0.366 e. The molecule has 3 aliphatic rings. The highest BCUT2D eigenvalue weighted by atomic mass is 35.5. The van der Waals surface area contributed by atoms with Crippen molar-refractivity contribution in [3.63, 3.8) is 0 Å². The van der Waals surface area contributed by atoms with Gasteiger partial charge in [0, 0.05) is 43.6 Å². The second-order valence-corrected chi connectivity index (χ2v) is 9.71. The largest absolute Gasteiger partial charge is 0.366 e. The lowest BCUT2D eigenvalue weighted by Crippen LogP contribution is -2.40. The molecule has 2 aromatic rings. The predicted octanol–water partition coefficient (Wildman–Crippen LogP) is 5.64. The van der Waals surface area contributed by atoms with Crippen LogP contribution in [0.15, 0.2) is 30.3 Å². The Labute approximate surface area is 185 Å². The molecule has 0 unspecified atom stereocenters. The summed E-state index contributed by atoms with van der Waals surface area (Å²) in [5, 5.41) is 12.4. The first-order valence-corrected chi connectivity index (χ1v) is 11.4. The number of anilines is 1. The lowest BCUT2D eigenvalue weighted by Gasteiger charge is -2.35. The van der Waals surface area contributed by atoms with Crippen LogP contribution in [0.1, 0.15) is 38.5 Å². The number of fused-ring (bicyclic) bond motifs is 1. The van der Waals surface area contributed by atoms with E-state index in [1.165, 1.54) is 18.2 Å². The maximum Gasteiger partial charge on any atom is 0.248 e. The number of aromatic nitrogens is 2. The van der Waals surface area contributed by atoms with Gasteiger partial charge in [0.2, 0.25) is 5.92 Å². The monoisotopic (exact) mass is 450 g/mol.